The van der Waals surface area contributed by atoms with E-state index in [1.807, 2.05) is 29.2 Å². The maximum absolute atomic E-state index is 12.9. The van der Waals surface area contributed by atoms with Crippen LogP contribution in [0.15, 0.2) is 71.5 Å². The number of benzene rings is 2. The second kappa shape index (κ2) is 8.91. The summed E-state index contributed by atoms with van der Waals surface area (Å²) >= 11 is 5.94. The van der Waals surface area contributed by atoms with E-state index in [9.17, 15) is 9.59 Å². The molecule has 2 aromatic carbocycles. The highest BCUT2D eigenvalue weighted by molar-refractivity contribution is 6.30. The van der Waals surface area contributed by atoms with Crippen molar-refractivity contribution in [2.75, 3.05) is 36.4 Å². The molecule has 8 nitrogen and oxygen atoms in total. The summed E-state index contributed by atoms with van der Waals surface area (Å²) < 4.78 is 0. The number of aromatic nitrogens is 3. The fourth-order valence-electron chi connectivity index (χ4n) is 3.84. The summed E-state index contributed by atoms with van der Waals surface area (Å²) in [5.41, 5.74) is 1.94. The van der Waals surface area contributed by atoms with Crippen LogP contribution in [0.3, 0.4) is 0 Å². The maximum Gasteiger partial charge on any atom is 0.253 e. The average molecular weight is 461 g/mol. The molecule has 2 aromatic heterocycles. The lowest BCUT2D eigenvalue weighted by molar-refractivity contribution is 0.0746. The molecule has 1 aliphatic heterocycles. The summed E-state index contributed by atoms with van der Waals surface area (Å²) in [5.74, 6) is 1.74. The Kier molecular flexibility index (Phi) is 5.66. The van der Waals surface area contributed by atoms with Crippen molar-refractivity contribution >= 4 is 46.0 Å². The Morgan fingerprint density at radius 1 is 0.879 bits per heavy atom. The van der Waals surface area contributed by atoms with Crippen LogP contribution in [-0.2, 0) is 0 Å². The van der Waals surface area contributed by atoms with Crippen molar-refractivity contribution in [2.24, 2.45) is 0 Å². The summed E-state index contributed by atoms with van der Waals surface area (Å²) in [6, 6.07) is 19.5. The fraction of sp³-hybridized carbons (Fsp3) is 0.167. The molecule has 1 aliphatic rings. The number of pyridine rings is 1. The van der Waals surface area contributed by atoms with Crippen LogP contribution in [0, 0.1) is 0 Å². The molecular weight excluding hydrogens is 440 g/mol. The third kappa shape index (κ3) is 4.51. The Hall–Kier alpha value is -3.91. The Morgan fingerprint density at radius 2 is 1.58 bits per heavy atom. The monoisotopic (exact) mass is 460 g/mol. The molecule has 1 saturated heterocycles. The molecule has 1 fully saturated rings. The van der Waals surface area contributed by atoms with Gasteiger partial charge in [-0.3, -0.25) is 9.59 Å². The molecule has 4 aromatic rings. The summed E-state index contributed by atoms with van der Waals surface area (Å²) in [7, 11) is 0. The van der Waals surface area contributed by atoms with Crippen LogP contribution in [0.25, 0.3) is 11.0 Å². The number of para-hydroxylation sites is 2. The van der Waals surface area contributed by atoms with Gasteiger partial charge >= 0.3 is 0 Å². The summed E-state index contributed by atoms with van der Waals surface area (Å²) in [4.78, 5) is 40.9. The van der Waals surface area contributed by atoms with Gasteiger partial charge in [0.05, 0.1) is 11.0 Å². The number of hydrogen-bond donors (Lipinski definition) is 2. The normalized spacial score (nSPS) is 13.8. The van der Waals surface area contributed by atoms with E-state index in [-0.39, 0.29) is 11.5 Å². The highest BCUT2D eigenvalue weighted by Crippen LogP contribution is 2.28. The van der Waals surface area contributed by atoms with Crippen LogP contribution in [0.5, 0.6) is 0 Å². The highest BCUT2D eigenvalue weighted by Gasteiger charge is 2.25. The lowest BCUT2D eigenvalue weighted by Crippen LogP contribution is -2.49. The number of carbonyl (C=O) groups excluding carboxylic acids is 1. The summed E-state index contributed by atoms with van der Waals surface area (Å²) in [6.45, 7) is 2.31. The molecule has 3 heterocycles. The van der Waals surface area contributed by atoms with Crippen LogP contribution in [0.1, 0.15) is 10.4 Å². The van der Waals surface area contributed by atoms with Gasteiger partial charge in [0.15, 0.2) is 11.6 Å². The fourth-order valence-corrected chi connectivity index (χ4v) is 3.97. The number of carbonyl (C=O) groups is 1. The van der Waals surface area contributed by atoms with Gasteiger partial charge in [-0.05, 0) is 42.5 Å². The Balaban J connectivity index is 1.40. The Labute approximate surface area is 194 Å². The average Bonchev–Trinajstić information content (AvgIpc) is 2.84. The van der Waals surface area contributed by atoms with Gasteiger partial charge in [0.1, 0.15) is 5.82 Å². The van der Waals surface area contributed by atoms with Crippen molar-refractivity contribution in [3.05, 3.63) is 87.7 Å². The zero-order valence-electron chi connectivity index (χ0n) is 17.7. The number of rotatable bonds is 4. The molecule has 0 atom stereocenters. The van der Waals surface area contributed by atoms with Crippen molar-refractivity contribution in [3.8, 4) is 0 Å². The van der Waals surface area contributed by atoms with Crippen LogP contribution in [0.2, 0.25) is 5.02 Å². The maximum atomic E-state index is 12.9. The van der Waals surface area contributed by atoms with Gasteiger partial charge in [-0.2, -0.15) is 0 Å². The van der Waals surface area contributed by atoms with Crippen molar-refractivity contribution in [3.63, 3.8) is 0 Å². The molecule has 0 saturated carbocycles. The zero-order chi connectivity index (χ0) is 22.8. The van der Waals surface area contributed by atoms with Crippen LogP contribution >= 0.6 is 11.6 Å². The largest absolute Gasteiger partial charge is 0.350 e. The first-order valence-electron chi connectivity index (χ1n) is 10.6. The number of aromatic amines is 1. The van der Waals surface area contributed by atoms with E-state index in [0.29, 0.717) is 54.2 Å². The molecule has 33 heavy (non-hydrogen) atoms. The SMILES string of the molecule is O=C(c1ccc(Cl)cc1)N1CCN(c2nc3ccccc3nc2Nc2cccc(=O)[nH]2)CC1. The first-order chi connectivity index (χ1) is 16.1. The smallest absolute Gasteiger partial charge is 0.253 e. The van der Waals surface area contributed by atoms with Crippen molar-refractivity contribution < 1.29 is 4.79 Å². The molecule has 0 spiro atoms. The van der Waals surface area contributed by atoms with E-state index in [4.69, 9.17) is 21.6 Å². The van der Waals surface area contributed by atoms with E-state index >= 15 is 0 Å². The van der Waals surface area contributed by atoms with Gasteiger partial charge < -0.3 is 20.1 Å². The molecular formula is C24H21ClN6O2. The minimum absolute atomic E-state index is 0.0175. The van der Waals surface area contributed by atoms with E-state index in [0.717, 1.165) is 11.0 Å². The molecule has 0 aliphatic carbocycles. The number of H-pyrrole nitrogens is 1. The van der Waals surface area contributed by atoms with Crippen molar-refractivity contribution in [1.29, 1.82) is 0 Å². The number of fused-ring (bicyclic) bond motifs is 1. The predicted molar refractivity (Wildman–Crippen MR) is 129 cm³/mol. The van der Waals surface area contributed by atoms with E-state index in [1.165, 1.54) is 6.07 Å². The molecule has 0 unspecified atom stereocenters. The summed E-state index contributed by atoms with van der Waals surface area (Å²) in [5, 5.41) is 3.81. The molecule has 5 rings (SSSR count). The second-order valence-corrected chi connectivity index (χ2v) is 8.16. The van der Waals surface area contributed by atoms with E-state index in [2.05, 4.69) is 15.2 Å². The second-order valence-electron chi connectivity index (χ2n) is 7.72. The topological polar surface area (TPSA) is 94.2 Å². The highest BCUT2D eigenvalue weighted by atomic mass is 35.5. The van der Waals surface area contributed by atoms with Gasteiger partial charge in [0.2, 0.25) is 5.56 Å². The number of piperazine rings is 1. The van der Waals surface area contributed by atoms with E-state index < -0.39 is 0 Å². The standard InChI is InChI=1S/C24H21ClN6O2/c25-17-10-8-16(9-11-17)24(33)31-14-12-30(13-15-31)23-22(29-20-6-3-7-21(32)28-20)26-18-4-1-2-5-19(18)27-23/h1-11H,12-15H2,(H2,26,28,29,32). The number of nitrogens with one attached hydrogen (secondary N) is 2. The van der Waals surface area contributed by atoms with Gasteiger partial charge in [-0.15, -0.1) is 0 Å². The Morgan fingerprint density at radius 3 is 2.27 bits per heavy atom. The van der Waals surface area contributed by atoms with Gasteiger partial charge in [0, 0.05) is 42.8 Å². The van der Waals surface area contributed by atoms with Crippen molar-refractivity contribution in [1.82, 2.24) is 19.9 Å². The number of anilines is 3. The molecule has 0 radical (unpaired) electrons. The minimum Gasteiger partial charge on any atom is -0.350 e. The van der Waals surface area contributed by atoms with Crippen LogP contribution < -0.4 is 15.8 Å². The van der Waals surface area contributed by atoms with Crippen molar-refractivity contribution in [2.45, 2.75) is 0 Å². The third-order valence-corrected chi connectivity index (χ3v) is 5.78. The number of amides is 1. The molecule has 2 N–H and O–H groups in total. The summed E-state index contributed by atoms with van der Waals surface area (Å²) in [6.07, 6.45) is 0. The molecule has 0 bridgehead atoms. The van der Waals surface area contributed by atoms with Gasteiger partial charge in [-0.1, -0.05) is 29.8 Å². The molecule has 166 valence electrons. The first kappa shape index (κ1) is 21.0. The van der Waals surface area contributed by atoms with Crippen LogP contribution in [-0.4, -0.2) is 51.9 Å². The lowest BCUT2D eigenvalue weighted by atomic mass is 10.2. The van der Waals surface area contributed by atoms with E-state index in [1.54, 1.807) is 36.4 Å². The lowest BCUT2D eigenvalue weighted by Gasteiger charge is -2.36. The molecule has 1 amide bonds. The molecule has 9 heteroatoms. The Bertz CT molecular complexity index is 1360. The predicted octanol–water partition coefficient (Wildman–Crippen LogP) is 3.68. The van der Waals surface area contributed by atoms with Crippen LogP contribution in [0.4, 0.5) is 17.5 Å². The van der Waals surface area contributed by atoms with Gasteiger partial charge in [-0.25, -0.2) is 9.97 Å². The first-order valence-corrected chi connectivity index (χ1v) is 11.0. The minimum atomic E-state index is -0.204. The van der Waals surface area contributed by atoms with Gasteiger partial charge in [0.25, 0.3) is 5.91 Å². The third-order valence-electron chi connectivity index (χ3n) is 5.53. The number of halogens is 1. The number of hydrogen-bond acceptors (Lipinski definition) is 6. The number of nitrogens with zero attached hydrogens (tertiary/aromatic N) is 4. The quantitative estimate of drug-likeness (QED) is 0.482. The zero-order valence-corrected chi connectivity index (χ0v) is 18.4.